The van der Waals surface area contributed by atoms with Gasteiger partial charge in [-0.15, -0.1) is 10.2 Å². The van der Waals surface area contributed by atoms with E-state index in [0.717, 1.165) is 0 Å². The van der Waals surface area contributed by atoms with E-state index in [1.54, 1.807) is 31.4 Å². The van der Waals surface area contributed by atoms with E-state index >= 15 is 0 Å². The Balaban J connectivity index is 1.85. The summed E-state index contributed by atoms with van der Waals surface area (Å²) in [6.07, 6.45) is 0. The molecular weight excluding hydrogens is 358 g/mol. The maximum Gasteiger partial charge on any atom is 0.270 e. The zero-order valence-corrected chi connectivity index (χ0v) is 14.3. The second kappa shape index (κ2) is 7.15. The molecule has 0 aliphatic heterocycles. The van der Waals surface area contributed by atoms with Gasteiger partial charge in [-0.2, -0.15) is 0 Å². The van der Waals surface area contributed by atoms with Gasteiger partial charge < -0.3 is 20.1 Å². The van der Waals surface area contributed by atoms with Crippen molar-refractivity contribution in [1.82, 2.24) is 4.98 Å². The lowest BCUT2D eigenvalue weighted by Gasteiger charge is -2.05. The van der Waals surface area contributed by atoms with Gasteiger partial charge in [-0.25, -0.2) is 0 Å². The third-order valence-corrected chi connectivity index (χ3v) is 3.69. The fourth-order valence-corrected chi connectivity index (χ4v) is 2.47. The minimum absolute atomic E-state index is 0.0532. The lowest BCUT2D eigenvalue weighted by atomic mass is 10.2. The van der Waals surface area contributed by atoms with Crippen LogP contribution in [-0.4, -0.2) is 27.2 Å². The molecule has 0 aliphatic rings. The first-order chi connectivity index (χ1) is 12.5. The molecule has 26 heavy (non-hydrogen) atoms. The van der Waals surface area contributed by atoms with Crippen LogP contribution in [0.4, 0.5) is 17.1 Å². The predicted octanol–water partition coefficient (Wildman–Crippen LogP) is 4.27. The van der Waals surface area contributed by atoms with Gasteiger partial charge in [0.05, 0.1) is 17.5 Å². The molecule has 3 aromatic rings. The van der Waals surface area contributed by atoms with Gasteiger partial charge in [0.2, 0.25) is 11.0 Å². The number of nitro groups is 1. The zero-order valence-electron chi connectivity index (χ0n) is 13.5. The second-order valence-corrected chi connectivity index (χ2v) is 5.56. The first kappa shape index (κ1) is 17.3. The first-order valence-corrected chi connectivity index (χ1v) is 7.74. The number of thiocarbonyl (C=S) groups is 1. The Kier molecular flexibility index (Phi) is 4.76. The smallest absolute Gasteiger partial charge is 0.270 e. The molecule has 1 aromatic heterocycles. The third kappa shape index (κ3) is 3.59. The minimum Gasteiger partial charge on any atom is -0.497 e. The van der Waals surface area contributed by atoms with Crippen molar-refractivity contribution < 1.29 is 14.8 Å². The van der Waals surface area contributed by atoms with Crippen molar-refractivity contribution in [1.29, 1.82) is 0 Å². The first-order valence-electron chi connectivity index (χ1n) is 7.34. The van der Waals surface area contributed by atoms with Crippen LogP contribution in [0.5, 0.6) is 11.6 Å². The Labute approximate surface area is 152 Å². The number of non-ortho nitro benzene ring substituents is 1. The number of ether oxygens (including phenoxy) is 1. The van der Waals surface area contributed by atoms with Crippen molar-refractivity contribution in [2.45, 2.75) is 0 Å². The number of nitro benzene ring substituents is 1. The van der Waals surface area contributed by atoms with Crippen molar-refractivity contribution in [2.24, 2.45) is 10.2 Å². The number of azo groups is 1. The Morgan fingerprint density at radius 1 is 1.35 bits per heavy atom. The second-order valence-electron chi connectivity index (χ2n) is 5.17. The van der Waals surface area contributed by atoms with E-state index in [1.165, 1.54) is 18.2 Å². The van der Waals surface area contributed by atoms with E-state index < -0.39 is 4.92 Å². The zero-order chi connectivity index (χ0) is 18.7. The summed E-state index contributed by atoms with van der Waals surface area (Å²) in [6, 6.07) is 11.2. The molecule has 0 atom stereocenters. The molecule has 0 amide bonds. The average molecular weight is 371 g/mol. The average Bonchev–Trinajstić information content (AvgIpc) is 2.94. The number of rotatable bonds is 4. The maximum atomic E-state index is 10.9. The Hall–Kier alpha value is -3.53. The van der Waals surface area contributed by atoms with E-state index in [4.69, 9.17) is 17.0 Å². The number of aromatic nitrogens is 1. The van der Waals surface area contributed by atoms with Gasteiger partial charge in [-0.1, -0.05) is 6.07 Å². The molecule has 3 rings (SSSR count). The van der Waals surface area contributed by atoms with Crippen LogP contribution in [0.25, 0.3) is 10.9 Å². The van der Waals surface area contributed by atoms with E-state index in [1.807, 2.05) is 0 Å². The highest BCUT2D eigenvalue weighted by atomic mass is 32.1. The molecule has 0 saturated heterocycles. The lowest BCUT2D eigenvalue weighted by molar-refractivity contribution is -0.384. The molecule has 0 fully saturated rings. The number of hydrogen-bond donors (Lipinski definition) is 3. The van der Waals surface area contributed by atoms with Crippen LogP contribution in [-0.2, 0) is 0 Å². The number of anilines is 1. The summed E-state index contributed by atoms with van der Waals surface area (Å²) in [4.78, 5) is 13.1. The fraction of sp³-hybridized carbons (Fsp3) is 0.0625. The third-order valence-electron chi connectivity index (χ3n) is 3.51. The molecule has 0 radical (unpaired) electrons. The Morgan fingerprint density at radius 3 is 2.88 bits per heavy atom. The predicted molar refractivity (Wildman–Crippen MR) is 100 cm³/mol. The molecule has 0 aliphatic carbocycles. The molecule has 132 valence electrons. The van der Waals surface area contributed by atoms with Crippen molar-refractivity contribution in [2.75, 3.05) is 12.4 Å². The normalized spacial score (nSPS) is 11.0. The van der Waals surface area contributed by atoms with Crippen molar-refractivity contribution in [3.8, 4) is 11.6 Å². The Morgan fingerprint density at radius 2 is 2.15 bits per heavy atom. The van der Waals surface area contributed by atoms with Crippen LogP contribution in [0.3, 0.4) is 0 Å². The monoisotopic (exact) mass is 371 g/mol. The van der Waals surface area contributed by atoms with Crippen LogP contribution < -0.4 is 10.1 Å². The summed E-state index contributed by atoms with van der Waals surface area (Å²) >= 11 is 5.11. The number of nitrogens with one attached hydrogen (secondary N) is 2. The van der Waals surface area contributed by atoms with Crippen LogP contribution in [0.15, 0.2) is 52.7 Å². The van der Waals surface area contributed by atoms with Gasteiger partial charge in [0.15, 0.2) is 5.69 Å². The van der Waals surface area contributed by atoms with Gasteiger partial charge in [0.1, 0.15) is 5.75 Å². The summed E-state index contributed by atoms with van der Waals surface area (Å²) in [5.41, 5.74) is 1.10. The highest BCUT2D eigenvalue weighted by molar-refractivity contribution is 7.80. The maximum absolute atomic E-state index is 10.9. The van der Waals surface area contributed by atoms with Crippen LogP contribution >= 0.6 is 12.2 Å². The SMILES string of the molecule is COc1cccc(NC(=S)N=Nc2c(O)[nH]c3ccc([N+](=O)[O-])cc23)c1. The molecule has 2 aromatic carbocycles. The fourth-order valence-electron chi connectivity index (χ4n) is 2.31. The molecule has 0 spiro atoms. The molecule has 0 unspecified atom stereocenters. The summed E-state index contributed by atoms with van der Waals surface area (Å²) in [5.74, 6) is 0.393. The standard InChI is InChI=1S/C16H13N5O4S/c1-25-11-4-2-3-9(7-11)17-16(26)20-19-14-12-8-10(21(23)24)5-6-13(12)18-15(14)22/h2-8,18,22H,1H3,(H,17,26). The molecule has 3 N–H and O–H groups in total. The summed E-state index contributed by atoms with van der Waals surface area (Å²) < 4.78 is 5.12. The number of H-pyrrole nitrogens is 1. The van der Waals surface area contributed by atoms with E-state index in [0.29, 0.717) is 22.3 Å². The number of hydrogen-bond acceptors (Lipinski definition) is 6. The number of aromatic amines is 1. The quantitative estimate of drug-likeness (QED) is 0.272. The molecule has 1 heterocycles. The highest BCUT2D eigenvalue weighted by Crippen LogP contribution is 2.37. The Bertz CT molecular complexity index is 1030. The number of benzene rings is 2. The van der Waals surface area contributed by atoms with Gasteiger partial charge >= 0.3 is 0 Å². The van der Waals surface area contributed by atoms with Crippen molar-refractivity contribution >= 4 is 45.3 Å². The number of aromatic hydroxyl groups is 1. The van der Waals surface area contributed by atoms with Crippen molar-refractivity contribution in [3.63, 3.8) is 0 Å². The minimum atomic E-state index is -0.528. The highest BCUT2D eigenvalue weighted by Gasteiger charge is 2.15. The van der Waals surface area contributed by atoms with Crippen LogP contribution in [0, 0.1) is 10.1 Å². The molecule has 0 saturated carbocycles. The molecule has 0 bridgehead atoms. The van der Waals surface area contributed by atoms with E-state index in [9.17, 15) is 15.2 Å². The largest absolute Gasteiger partial charge is 0.497 e. The number of fused-ring (bicyclic) bond motifs is 1. The van der Waals surface area contributed by atoms with Gasteiger partial charge in [0.25, 0.3) is 5.69 Å². The molecule has 10 heteroatoms. The summed E-state index contributed by atoms with van der Waals surface area (Å²) in [5, 5.41) is 32.0. The van der Waals surface area contributed by atoms with Gasteiger partial charge in [-0.3, -0.25) is 10.1 Å². The molecular formula is C16H13N5O4S. The topological polar surface area (TPSA) is 125 Å². The number of nitrogens with zero attached hydrogens (tertiary/aromatic N) is 3. The summed E-state index contributed by atoms with van der Waals surface area (Å²) in [6.45, 7) is 0. The van der Waals surface area contributed by atoms with Crippen LogP contribution in [0.2, 0.25) is 0 Å². The van der Waals surface area contributed by atoms with Gasteiger partial charge in [0, 0.05) is 29.3 Å². The van der Waals surface area contributed by atoms with Crippen LogP contribution in [0.1, 0.15) is 0 Å². The molecule has 9 nitrogen and oxygen atoms in total. The number of methoxy groups -OCH3 is 1. The van der Waals surface area contributed by atoms with Crippen molar-refractivity contribution in [3.05, 3.63) is 52.6 Å². The lowest BCUT2D eigenvalue weighted by Crippen LogP contribution is -2.04. The van der Waals surface area contributed by atoms with Gasteiger partial charge in [-0.05, 0) is 30.4 Å². The summed E-state index contributed by atoms with van der Waals surface area (Å²) in [7, 11) is 1.55. The van der Waals surface area contributed by atoms with E-state index in [2.05, 4.69) is 20.5 Å². The van der Waals surface area contributed by atoms with E-state index in [-0.39, 0.29) is 22.4 Å².